The first-order valence-corrected chi connectivity index (χ1v) is 7.10. The molecule has 1 heterocycles. The molecule has 106 valence electrons. The Labute approximate surface area is 124 Å². The van der Waals surface area contributed by atoms with Gasteiger partial charge in [0.15, 0.2) is 0 Å². The van der Waals surface area contributed by atoms with Gasteiger partial charge in [0.2, 0.25) is 0 Å². The van der Waals surface area contributed by atoms with E-state index in [1.165, 1.54) is 5.56 Å². The predicted molar refractivity (Wildman–Crippen MR) is 84.9 cm³/mol. The lowest BCUT2D eigenvalue weighted by atomic mass is 10.0. The van der Waals surface area contributed by atoms with Crippen LogP contribution in [0.2, 0.25) is 0 Å². The van der Waals surface area contributed by atoms with E-state index in [4.69, 9.17) is 0 Å². The largest absolute Gasteiger partial charge is 0.394 e. The minimum atomic E-state index is -0.121. The van der Waals surface area contributed by atoms with Gasteiger partial charge in [0.1, 0.15) is 0 Å². The van der Waals surface area contributed by atoms with Crippen LogP contribution in [0.15, 0.2) is 66.9 Å². The quantitative estimate of drug-likeness (QED) is 0.754. The highest BCUT2D eigenvalue weighted by Gasteiger charge is 2.13. The van der Waals surface area contributed by atoms with Crippen LogP contribution in [0.25, 0.3) is 10.9 Å². The van der Waals surface area contributed by atoms with E-state index in [0.29, 0.717) is 0 Å². The lowest BCUT2D eigenvalue weighted by molar-refractivity contribution is 0.244. The minimum Gasteiger partial charge on any atom is -0.394 e. The van der Waals surface area contributed by atoms with E-state index in [0.717, 1.165) is 23.0 Å². The number of hydrogen-bond donors (Lipinski definition) is 2. The summed E-state index contributed by atoms with van der Waals surface area (Å²) in [5.74, 6) is 0. The van der Waals surface area contributed by atoms with E-state index in [1.54, 1.807) is 6.20 Å². The number of fused-ring (bicyclic) bond motifs is 1. The van der Waals surface area contributed by atoms with Crippen molar-refractivity contribution >= 4 is 10.9 Å². The number of aromatic nitrogens is 1. The van der Waals surface area contributed by atoms with Crippen LogP contribution in [0.5, 0.6) is 0 Å². The highest BCUT2D eigenvalue weighted by Crippen LogP contribution is 2.22. The third-order valence-corrected chi connectivity index (χ3v) is 3.62. The van der Waals surface area contributed by atoms with Gasteiger partial charge < -0.3 is 10.4 Å². The summed E-state index contributed by atoms with van der Waals surface area (Å²) in [5, 5.41) is 14.2. The molecule has 1 aromatic heterocycles. The lowest BCUT2D eigenvalue weighted by Crippen LogP contribution is -2.24. The first-order chi connectivity index (χ1) is 10.4. The Balaban J connectivity index is 1.85. The second kappa shape index (κ2) is 6.48. The molecule has 0 saturated heterocycles. The van der Waals surface area contributed by atoms with Gasteiger partial charge in [-0.3, -0.25) is 4.98 Å². The van der Waals surface area contributed by atoms with E-state index in [2.05, 4.69) is 22.4 Å². The maximum atomic E-state index is 9.73. The van der Waals surface area contributed by atoms with Crippen molar-refractivity contribution in [2.45, 2.75) is 12.6 Å². The normalized spacial score (nSPS) is 12.4. The van der Waals surface area contributed by atoms with E-state index in [-0.39, 0.29) is 12.6 Å². The summed E-state index contributed by atoms with van der Waals surface area (Å²) < 4.78 is 0. The van der Waals surface area contributed by atoms with Gasteiger partial charge in [-0.05, 0) is 17.2 Å². The summed E-state index contributed by atoms with van der Waals surface area (Å²) >= 11 is 0. The molecule has 0 aliphatic heterocycles. The van der Waals surface area contributed by atoms with Crippen molar-refractivity contribution in [2.75, 3.05) is 6.61 Å². The zero-order chi connectivity index (χ0) is 14.5. The molecule has 0 aliphatic carbocycles. The van der Waals surface area contributed by atoms with Gasteiger partial charge in [-0.15, -0.1) is 0 Å². The minimum absolute atomic E-state index is 0.0442. The second-order valence-corrected chi connectivity index (χ2v) is 5.02. The van der Waals surface area contributed by atoms with Crippen LogP contribution in [-0.4, -0.2) is 16.7 Å². The molecular weight excluding hydrogens is 260 g/mol. The fraction of sp³-hybridized carbons (Fsp3) is 0.167. The maximum Gasteiger partial charge on any atom is 0.0750 e. The van der Waals surface area contributed by atoms with Crippen molar-refractivity contribution in [3.63, 3.8) is 0 Å². The number of rotatable bonds is 5. The Morgan fingerprint density at radius 1 is 0.952 bits per heavy atom. The molecular formula is C18H18N2O. The summed E-state index contributed by atoms with van der Waals surface area (Å²) in [6.07, 6.45) is 1.79. The Kier molecular flexibility index (Phi) is 4.24. The van der Waals surface area contributed by atoms with Crippen molar-refractivity contribution in [3.8, 4) is 0 Å². The SMILES string of the molecule is OCC(NCc1ccccc1)c1cccc2cccnc12. The summed E-state index contributed by atoms with van der Waals surface area (Å²) in [6.45, 7) is 0.762. The number of pyridine rings is 1. The summed E-state index contributed by atoms with van der Waals surface area (Å²) in [6, 6.07) is 20.1. The standard InChI is InChI=1S/C18H18N2O/c21-13-17(20-12-14-6-2-1-3-7-14)16-10-4-8-15-9-5-11-19-18(15)16/h1-11,17,20-21H,12-13H2. The summed E-state index contributed by atoms with van der Waals surface area (Å²) in [7, 11) is 0. The third kappa shape index (κ3) is 3.10. The first kappa shape index (κ1) is 13.7. The number of aliphatic hydroxyl groups excluding tert-OH is 1. The van der Waals surface area contributed by atoms with Gasteiger partial charge in [-0.25, -0.2) is 0 Å². The molecule has 3 rings (SSSR count). The Morgan fingerprint density at radius 2 is 1.76 bits per heavy atom. The Hall–Kier alpha value is -2.23. The van der Waals surface area contributed by atoms with E-state index >= 15 is 0 Å². The van der Waals surface area contributed by atoms with Crippen molar-refractivity contribution in [1.29, 1.82) is 0 Å². The Bertz CT molecular complexity index is 707. The molecule has 1 unspecified atom stereocenters. The van der Waals surface area contributed by atoms with Gasteiger partial charge in [-0.2, -0.15) is 0 Å². The van der Waals surface area contributed by atoms with Crippen molar-refractivity contribution in [1.82, 2.24) is 10.3 Å². The summed E-state index contributed by atoms with van der Waals surface area (Å²) in [4.78, 5) is 4.45. The van der Waals surface area contributed by atoms with Gasteiger partial charge in [0, 0.05) is 18.1 Å². The molecule has 0 spiro atoms. The van der Waals surface area contributed by atoms with Crippen LogP contribution >= 0.6 is 0 Å². The van der Waals surface area contributed by atoms with Gasteiger partial charge in [-0.1, -0.05) is 54.6 Å². The number of nitrogens with zero attached hydrogens (tertiary/aromatic N) is 1. The molecule has 0 bridgehead atoms. The van der Waals surface area contributed by atoms with Crippen molar-refractivity contribution in [2.24, 2.45) is 0 Å². The molecule has 2 aromatic carbocycles. The average Bonchev–Trinajstić information content (AvgIpc) is 2.56. The molecule has 0 saturated carbocycles. The van der Waals surface area contributed by atoms with Gasteiger partial charge in [0.25, 0.3) is 0 Å². The van der Waals surface area contributed by atoms with E-state index < -0.39 is 0 Å². The highest BCUT2D eigenvalue weighted by molar-refractivity contribution is 5.82. The fourth-order valence-electron chi connectivity index (χ4n) is 2.52. The lowest BCUT2D eigenvalue weighted by Gasteiger charge is -2.18. The maximum absolute atomic E-state index is 9.73. The molecule has 0 fully saturated rings. The molecule has 1 atom stereocenters. The van der Waals surface area contributed by atoms with Crippen LogP contribution in [-0.2, 0) is 6.54 Å². The van der Waals surface area contributed by atoms with Crippen molar-refractivity contribution < 1.29 is 5.11 Å². The molecule has 0 aliphatic rings. The summed E-state index contributed by atoms with van der Waals surface area (Å²) in [5.41, 5.74) is 3.18. The first-order valence-electron chi connectivity index (χ1n) is 7.10. The second-order valence-electron chi connectivity index (χ2n) is 5.02. The van der Waals surface area contributed by atoms with E-state index in [1.807, 2.05) is 48.5 Å². The topological polar surface area (TPSA) is 45.1 Å². The van der Waals surface area contributed by atoms with Crippen LogP contribution in [0, 0.1) is 0 Å². The van der Waals surface area contributed by atoms with E-state index in [9.17, 15) is 5.11 Å². The molecule has 0 radical (unpaired) electrons. The predicted octanol–water partition coefficient (Wildman–Crippen LogP) is 3.06. The average molecular weight is 278 g/mol. The molecule has 3 nitrogen and oxygen atoms in total. The molecule has 3 aromatic rings. The number of nitrogens with one attached hydrogen (secondary N) is 1. The Morgan fingerprint density at radius 3 is 2.57 bits per heavy atom. The zero-order valence-corrected chi connectivity index (χ0v) is 11.7. The van der Waals surface area contributed by atoms with Crippen LogP contribution in [0.4, 0.5) is 0 Å². The monoisotopic (exact) mass is 278 g/mol. The molecule has 2 N–H and O–H groups in total. The number of aliphatic hydroxyl groups is 1. The van der Waals surface area contributed by atoms with Crippen LogP contribution < -0.4 is 5.32 Å². The van der Waals surface area contributed by atoms with Crippen LogP contribution in [0.3, 0.4) is 0 Å². The third-order valence-electron chi connectivity index (χ3n) is 3.62. The van der Waals surface area contributed by atoms with Gasteiger partial charge >= 0.3 is 0 Å². The zero-order valence-electron chi connectivity index (χ0n) is 11.7. The number of benzene rings is 2. The number of hydrogen-bond acceptors (Lipinski definition) is 3. The van der Waals surface area contributed by atoms with Gasteiger partial charge in [0.05, 0.1) is 18.2 Å². The van der Waals surface area contributed by atoms with Crippen LogP contribution in [0.1, 0.15) is 17.2 Å². The highest BCUT2D eigenvalue weighted by atomic mass is 16.3. The molecule has 0 amide bonds. The molecule has 3 heteroatoms. The van der Waals surface area contributed by atoms with Crippen molar-refractivity contribution in [3.05, 3.63) is 78.0 Å². The fourth-order valence-corrected chi connectivity index (χ4v) is 2.52. The smallest absolute Gasteiger partial charge is 0.0750 e. The molecule has 21 heavy (non-hydrogen) atoms. The number of para-hydroxylation sites is 1.